The fourth-order valence-electron chi connectivity index (χ4n) is 1.48. The van der Waals surface area contributed by atoms with Gasteiger partial charge in [-0.2, -0.15) is 13.2 Å². The fourth-order valence-corrected chi connectivity index (χ4v) is 1.48. The van der Waals surface area contributed by atoms with Gasteiger partial charge in [0.15, 0.2) is 0 Å². The Morgan fingerprint density at radius 1 is 1.11 bits per heavy atom. The van der Waals surface area contributed by atoms with E-state index in [0.717, 1.165) is 25.3 Å². The normalized spacial score (nSPS) is 11.6. The molecule has 0 amide bonds. The summed E-state index contributed by atoms with van der Waals surface area (Å²) >= 11 is 0. The molecule has 0 saturated heterocycles. The van der Waals surface area contributed by atoms with Gasteiger partial charge >= 0.3 is 6.18 Å². The molecule has 18 heavy (non-hydrogen) atoms. The second-order valence-corrected chi connectivity index (χ2v) is 3.94. The number of nitrogen functional groups attached to an aromatic ring is 1. The van der Waals surface area contributed by atoms with Crippen molar-refractivity contribution in [1.29, 1.82) is 0 Å². The van der Waals surface area contributed by atoms with Crippen LogP contribution < -0.4 is 16.2 Å². The Kier molecular flexibility index (Phi) is 5.27. The first-order valence-electron chi connectivity index (χ1n) is 5.74. The molecule has 0 fully saturated rings. The van der Waals surface area contributed by atoms with E-state index in [9.17, 15) is 13.2 Å². The van der Waals surface area contributed by atoms with Gasteiger partial charge in [-0.15, -0.1) is 0 Å². The number of anilines is 1. The molecule has 1 aromatic rings. The average Bonchev–Trinajstić information content (AvgIpc) is 2.29. The maximum atomic E-state index is 12.6. The number of halogens is 3. The molecule has 0 bridgehead atoms. The molecule has 0 atom stereocenters. The molecule has 6 heteroatoms. The summed E-state index contributed by atoms with van der Waals surface area (Å²) in [6.07, 6.45) is -1.90. The van der Waals surface area contributed by atoms with E-state index in [1.54, 1.807) is 0 Å². The van der Waals surface area contributed by atoms with E-state index in [1.165, 1.54) is 12.1 Å². The molecule has 4 N–H and O–H groups in total. The van der Waals surface area contributed by atoms with Crippen LogP contribution >= 0.6 is 0 Å². The highest BCUT2D eigenvalue weighted by molar-refractivity contribution is 5.51. The van der Waals surface area contributed by atoms with E-state index < -0.39 is 11.7 Å². The van der Waals surface area contributed by atoms with E-state index in [-0.39, 0.29) is 11.4 Å². The number of benzene rings is 1. The van der Waals surface area contributed by atoms with Gasteiger partial charge in [-0.25, -0.2) is 0 Å². The van der Waals surface area contributed by atoms with Crippen LogP contribution in [0.5, 0.6) is 5.75 Å². The highest BCUT2D eigenvalue weighted by Gasteiger charge is 2.33. The van der Waals surface area contributed by atoms with E-state index in [4.69, 9.17) is 16.2 Å². The number of rotatable bonds is 6. The number of hydrogen-bond acceptors (Lipinski definition) is 3. The van der Waals surface area contributed by atoms with Crippen molar-refractivity contribution < 1.29 is 17.9 Å². The zero-order chi connectivity index (χ0) is 13.6. The lowest BCUT2D eigenvalue weighted by molar-refractivity contribution is -0.137. The summed E-state index contributed by atoms with van der Waals surface area (Å²) in [7, 11) is 0. The van der Waals surface area contributed by atoms with Gasteiger partial charge in [0, 0.05) is 5.69 Å². The van der Waals surface area contributed by atoms with Crippen LogP contribution in [0.3, 0.4) is 0 Å². The molecule has 102 valence electrons. The highest BCUT2D eigenvalue weighted by atomic mass is 19.4. The lowest BCUT2D eigenvalue weighted by atomic mass is 10.1. The SMILES string of the molecule is NCCCCCOc1ccc(N)c(C(F)(F)F)c1. The van der Waals surface area contributed by atoms with Crippen LogP contribution in [-0.4, -0.2) is 13.2 Å². The maximum absolute atomic E-state index is 12.6. The molecule has 0 aliphatic heterocycles. The molecule has 0 spiro atoms. The summed E-state index contributed by atoms with van der Waals surface area (Å²) in [6, 6.07) is 3.57. The standard InChI is InChI=1S/C12H17F3N2O/c13-12(14,15)10-8-9(4-5-11(10)17)18-7-3-1-2-6-16/h4-5,8H,1-3,6-7,16-17H2. The highest BCUT2D eigenvalue weighted by Crippen LogP contribution is 2.35. The second-order valence-electron chi connectivity index (χ2n) is 3.94. The number of nitrogens with two attached hydrogens (primary N) is 2. The third-order valence-corrected chi connectivity index (χ3v) is 2.45. The molecule has 0 unspecified atom stereocenters. The molecule has 0 aliphatic carbocycles. The Hall–Kier alpha value is -1.43. The zero-order valence-corrected chi connectivity index (χ0v) is 9.96. The van der Waals surface area contributed by atoms with Crippen LogP contribution in [0.1, 0.15) is 24.8 Å². The van der Waals surface area contributed by atoms with Crippen molar-refractivity contribution in [2.24, 2.45) is 5.73 Å². The van der Waals surface area contributed by atoms with Crippen molar-refractivity contribution >= 4 is 5.69 Å². The van der Waals surface area contributed by atoms with Crippen LogP contribution in [0.4, 0.5) is 18.9 Å². The Morgan fingerprint density at radius 2 is 1.83 bits per heavy atom. The van der Waals surface area contributed by atoms with Crippen LogP contribution in [0, 0.1) is 0 Å². The number of hydrogen-bond donors (Lipinski definition) is 2. The lowest BCUT2D eigenvalue weighted by Crippen LogP contribution is -2.09. The van der Waals surface area contributed by atoms with E-state index in [2.05, 4.69) is 0 Å². The summed E-state index contributed by atoms with van der Waals surface area (Å²) < 4.78 is 43.0. The van der Waals surface area contributed by atoms with Gasteiger partial charge in [0.2, 0.25) is 0 Å². The van der Waals surface area contributed by atoms with E-state index in [1.807, 2.05) is 0 Å². The molecule has 0 aliphatic rings. The molecule has 3 nitrogen and oxygen atoms in total. The summed E-state index contributed by atoms with van der Waals surface area (Å²) in [6.45, 7) is 0.987. The minimum absolute atomic E-state index is 0.185. The Bertz CT molecular complexity index is 380. The smallest absolute Gasteiger partial charge is 0.418 e. The van der Waals surface area contributed by atoms with Crippen molar-refractivity contribution in [2.45, 2.75) is 25.4 Å². The van der Waals surface area contributed by atoms with Gasteiger partial charge in [-0.3, -0.25) is 0 Å². The first kappa shape index (κ1) is 14.6. The fraction of sp³-hybridized carbons (Fsp3) is 0.500. The van der Waals surface area contributed by atoms with Gasteiger partial charge in [0.1, 0.15) is 5.75 Å². The third kappa shape index (κ3) is 4.44. The average molecular weight is 262 g/mol. The van der Waals surface area contributed by atoms with Gasteiger partial charge < -0.3 is 16.2 Å². The molecule has 1 rings (SSSR count). The third-order valence-electron chi connectivity index (χ3n) is 2.45. The van der Waals surface area contributed by atoms with Crippen molar-refractivity contribution in [3.05, 3.63) is 23.8 Å². The lowest BCUT2D eigenvalue weighted by Gasteiger charge is -2.12. The van der Waals surface area contributed by atoms with Crippen molar-refractivity contribution in [3.8, 4) is 5.75 Å². The molecule has 0 saturated carbocycles. The largest absolute Gasteiger partial charge is 0.494 e. The summed E-state index contributed by atoms with van der Waals surface area (Å²) in [5.74, 6) is 0.185. The monoisotopic (exact) mass is 262 g/mol. The van der Waals surface area contributed by atoms with Gasteiger partial charge in [-0.1, -0.05) is 0 Å². The molecular formula is C12H17F3N2O. The van der Waals surface area contributed by atoms with E-state index >= 15 is 0 Å². The predicted octanol–water partition coefficient (Wildman–Crippen LogP) is 2.80. The van der Waals surface area contributed by atoms with Crippen LogP contribution in [0.2, 0.25) is 0 Å². The number of alkyl halides is 3. The van der Waals surface area contributed by atoms with Crippen LogP contribution in [-0.2, 0) is 6.18 Å². The van der Waals surface area contributed by atoms with Crippen molar-refractivity contribution in [1.82, 2.24) is 0 Å². The topological polar surface area (TPSA) is 61.3 Å². The maximum Gasteiger partial charge on any atom is 0.418 e. The minimum Gasteiger partial charge on any atom is -0.494 e. The Balaban J connectivity index is 2.57. The summed E-state index contributed by atoms with van der Waals surface area (Å²) in [4.78, 5) is 0. The molecule has 1 aromatic carbocycles. The first-order chi connectivity index (χ1) is 8.45. The molecule has 0 heterocycles. The predicted molar refractivity (Wildman–Crippen MR) is 64.3 cm³/mol. The minimum atomic E-state index is -4.46. The van der Waals surface area contributed by atoms with Crippen LogP contribution in [0.15, 0.2) is 18.2 Å². The second kappa shape index (κ2) is 6.49. The van der Waals surface area contributed by atoms with Gasteiger partial charge in [0.25, 0.3) is 0 Å². The number of unbranched alkanes of at least 4 members (excludes halogenated alkanes) is 2. The summed E-state index contributed by atoms with van der Waals surface area (Å²) in [5.41, 5.74) is 9.45. The Labute approximate surface area is 104 Å². The van der Waals surface area contributed by atoms with Gasteiger partial charge in [0.05, 0.1) is 12.2 Å². The Morgan fingerprint density at radius 3 is 2.44 bits per heavy atom. The molecule has 0 radical (unpaired) electrons. The van der Waals surface area contributed by atoms with Crippen LogP contribution in [0.25, 0.3) is 0 Å². The van der Waals surface area contributed by atoms with E-state index in [0.29, 0.717) is 13.2 Å². The quantitative estimate of drug-likeness (QED) is 0.612. The van der Waals surface area contributed by atoms with Crippen molar-refractivity contribution in [2.75, 3.05) is 18.9 Å². The zero-order valence-electron chi connectivity index (χ0n) is 9.96. The molecular weight excluding hydrogens is 245 g/mol. The first-order valence-corrected chi connectivity index (χ1v) is 5.74. The number of ether oxygens (including phenoxy) is 1. The summed E-state index contributed by atoms with van der Waals surface area (Å²) in [5, 5.41) is 0. The van der Waals surface area contributed by atoms with Crippen molar-refractivity contribution in [3.63, 3.8) is 0 Å². The van der Waals surface area contributed by atoms with Gasteiger partial charge in [-0.05, 0) is 44.0 Å². The molecule has 0 aromatic heterocycles.